The third-order valence-corrected chi connectivity index (χ3v) is 2.23. The van der Waals surface area contributed by atoms with Crippen molar-refractivity contribution in [2.45, 2.75) is 0 Å². The van der Waals surface area contributed by atoms with E-state index in [4.69, 9.17) is 34.8 Å². The lowest BCUT2D eigenvalue weighted by Gasteiger charge is -2.02. The molecule has 0 aliphatic rings. The largest absolute Gasteiger partial charge is 0.316 e. The molecule has 1 N–H and O–H groups in total. The van der Waals surface area contributed by atoms with Gasteiger partial charge in [-0.25, -0.2) is 0 Å². The van der Waals surface area contributed by atoms with Crippen LogP contribution in [0.5, 0.6) is 0 Å². The lowest BCUT2D eigenvalue weighted by molar-refractivity contribution is 0.561. The normalized spacial score (nSPS) is 9.58. The first-order valence-electron chi connectivity index (χ1n) is 2.93. The molecule has 0 unspecified atom stereocenters. The van der Waals surface area contributed by atoms with Crippen LogP contribution in [-0.4, -0.2) is 6.41 Å². The number of rotatable bonds is 2. The molecule has 0 saturated heterocycles. The predicted octanol–water partition coefficient (Wildman–Crippen LogP) is 3.13. The number of hydrogen-bond donors (Lipinski definition) is 1. The molecule has 1 amide bonds. The fourth-order valence-electron chi connectivity index (χ4n) is 0.673. The zero-order valence-electron chi connectivity index (χ0n) is 5.70. The molecule has 0 heterocycles. The number of benzene rings is 1. The van der Waals surface area contributed by atoms with E-state index in [0.29, 0.717) is 20.8 Å². The van der Waals surface area contributed by atoms with E-state index in [-0.39, 0.29) is 0 Å². The van der Waals surface area contributed by atoms with Crippen molar-refractivity contribution in [3.05, 3.63) is 27.2 Å². The molecule has 0 fully saturated rings. The molecule has 63 valence electrons. The Hall–Kier alpha value is -0.440. The number of halogens is 3. The van der Waals surface area contributed by atoms with Gasteiger partial charge < -0.3 is 5.32 Å². The number of nitrogens with one attached hydrogen (secondary N) is 1. The van der Waals surface area contributed by atoms with Gasteiger partial charge in [-0.05, 0) is 12.1 Å². The Morgan fingerprint density at radius 2 is 1.67 bits per heavy atom. The second-order valence-electron chi connectivity index (χ2n) is 1.97. The van der Waals surface area contributed by atoms with E-state index < -0.39 is 0 Å². The van der Waals surface area contributed by atoms with Gasteiger partial charge in [0.25, 0.3) is 0 Å². The highest BCUT2D eigenvalue weighted by Crippen LogP contribution is 2.31. The first kappa shape index (κ1) is 9.65. The van der Waals surface area contributed by atoms with Gasteiger partial charge in [0.1, 0.15) is 0 Å². The van der Waals surface area contributed by atoms with E-state index in [0.717, 1.165) is 0 Å². The minimum Gasteiger partial charge on any atom is -0.316 e. The molecule has 1 aromatic carbocycles. The summed E-state index contributed by atoms with van der Waals surface area (Å²) in [5.74, 6) is 0. The van der Waals surface area contributed by atoms with Gasteiger partial charge in [-0.1, -0.05) is 34.8 Å². The maximum Gasteiger partial charge on any atom is 0.314 e. The third-order valence-electron chi connectivity index (χ3n) is 1.20. The molecular formula is C7H3Cl3NO. The summed E-state index contributed by atoms with van der Waals surface area (Å²) in [6.07, 6.45) is 1.49. The Morgan fingerprint density at radius 3 is 2.25 bits per heavy atom. The molecule has 1 rings (SSSR count). The van der Waals surface area contributed by atoms with Crippen LogP contribution in [-0.2, 0) is 4.79 Å². The molecule has 0 aliphatic carbocycles. The highest BCUT2D eigenvalue weighted by atomic mass is 35.5. The highest BCUT2D eigenvalue weighted by Gasteiger charge is 2.04. The van der Waals surface area contributed by atoms with Crippen LogP contribution in [0.15, 0.2) is 12.1 Å². The third kappa shape index (κ3) is 2.03. The summed E-state index contributed by atoms with van der Waals surface area (Å²) in [5, 5.41) is 3.27. The Balaban J connectivity index is 3.13. The summed E-state index contributed by atoms with van der Waals surface area (Å²) in [6.45, 7) is 0. The summed E-state index contributed by atoms with van der Waals surface area (Å²) in [5.41, 5.74) is 0.390. The van der Waals surface area contributed by atoms with Crippen molar-refractivity contribution in [3.63, 3.8) is 0 Å². The zero-order valence-corrected chi connectivity index (χ0v) is 7.96. The fourth-order valence-corrected chi connectivity index (χ4v) is 1.27. The van der Waals surface area contributed by atoms with Gasteiger partial charge in [-0.3, -0.25) is 4.79 Å². The highest BCUT2D eigenvalue weighted by molar-refractivity contribution is 6.44. The van der Waals surface area contributed by atoms with Crippen LogP contribution >= 0.6 is 34.8 Å². The van der Waals surface area contributed by atoms with Crippen molar-refractivity contribution in [1.82, 2.24) is 0 Å². The van der Waals surface area contributed by atoms with Crippen molar-refractivity contribution in [3.8, 4) is 0 Å². The summed E-state index contributed by atoms with van der Waals surface area (Å²) >= 11 is 17.0. The molecule has 0 aromatic heterocycles. The van der Waals surface area contributed by atoms with Gasteiger partial charge in [-0.15, -0.1) is 0 Å². The quantitative estimate of drug-likeness (QED) is 0.606. The average Bonchev–Trinajstić information content (AvgIpc) is 2.01. The van der Waals surface area contributed by atoms with Gasteiger partial charge in [0.15, 0.2) is 0 Å². The molecule has 0 saturated carbocycles. The SMILES string of the molecule is O=[C]Nc1cc(Cl)c(Cl)cc1Cl. The maximum atomic E-state index is 9.95. The Kier molecular flexibility index (Phi) is 3.20. The number of amides is 1. The maximum absolute atomic E-state index is 9.95. The molecule has 5 heteroatoms. The fraction of sp³-hybridized carbons (Fsp3) is 0. The predicted molar refractivity (Wildman–Crippen MR) is 50.8 cm³/mol. The lowest BCUT2D eigenvalue weighted by atomic mass is 10.3. The van der Waals surface area contributed by atoms with Gasteiger partial charge in [-0.2, -0.15) is 0 Å². The Morgan fingerprint density at radius 1 is 1.08 bits per heavy atom. The monoisotopic (exact) mass is 222 g/mol. The molecule has 1 radical (unpaired) electrons. The van der Waals surface area contributed by atoms with Gasteiger partial charge in [0.05, 0.1) is 20.8 Å². The molecule has 1 aromatic rings. The van der Waals surface area contributed by atoms with Gasteiger partial charge in [0, 0.05) is 0 Å². The van der Waals surface area contributed by atoms with Gasteiger partial charge in [0.2, 0.25) is 0 Å². The second kappa shape index (κ2) is 3.99. The number of carbonyl (C=O) groups excluding carboxylic acids is 1. The van der Waals surface area contributed by atoms with Crippen LogP contribution in [0.4, 0.5) is 5.69 Å². The molecule has 0 aliphatic heterocycles. The summed E-state index contributed by atoms with van der Waals surface area (Å²) in [4.78, 5) is 9.95. The van der Waals surface area contributed by atoms with Crippen molar-refractivity contribution >= 4 is 46.9 Å². The van der Waals surface area contributed by atoms with Crippen LogP contribution in [0.1, 0.15) is 0 Å². The smallest absolute Gasteiger partial charge is 0.314 e. The van der Waals surface area contributed by atoms with Crippen LogP contribution in [0.3, 0.4) is 0 Å². The van der Waals surface area contributed by atoms with E-state index >= 15 is 0 Å². The van der Waals surface area contributed by atoms with E-state index in [1.54, 1.807) is 0 Å². The summed E-state index contributed by atoms with van der Waals surface area (Å²) in [7, 11) is 0. The van der Waals surface area contributed by atoms with E-state index in [1.807, 2.05) is 0 Å². The van der Waals surface area contributed by atoms with Crippen molar-refractivity contribution in [2.75, 3.05) is 5.32 Å². The standard InChI is InChI=1S/C7H3Cl3NO/c8-4-1-6(10)7(11-3-12)2-5(4)9/h1-2H,(H,11,12). The van der Waals surface area contributed by atoms with Crippen LogP contribution in [0.2, 0.25) is 15.1 Å². The van der Waals surface area contributed by atoms with E-state index in [1.165, 1.54) is 18.5 Å². The van der Waals surface area contributed by atoms with Crippen molar-refractivity contribution < 1.29 is 4.79 Å². The van der Waals surface area contributed by atoms with Gasteiger partial charge >= 0.3 is 6.41 Å². The van der Waals surface area contributed by atoms with Crippen LogP contribution in [0, 0.1) is 0 Å². The lowest BCUT2D eigenvalue weighted by Crippen LogP contribution is -1.94. The number of anilines is 1. The molecule has 0 spiro atoms. The van der Waals surface area contributed by atoms with E-state index in [9.17, 15) is 4.79 Å². The topological polar surface area (TPSA) is 29.1 Å². The minimum atomic E-state index is 0.327. The van der Waals surface area contributed by atoms with Crippen molar-refractivity contribution in [1.29, 1.82) is 0 Å². The molecule has 0 atom stereocenters. The zero-order chi connectivity index (χ0) is 9.14. The summed E-state index contributed by atoms with van der Waals surface area (Å²) in [6, 6.07) is 2.90. The Bertz CT molecular complexity index is 314. The van der Waals surface area contributed by atoms with Crippen molar-refractivity contribution in [2.24, 2.45) is 0 Å². The van der Waals surface area contributed by atoms with Crippen LogP contribution in [0.25, 0.3) is 0 Å². The minimum absolute atomic E-state index is 0.327. The summed E-state index contributed by atoms with van der Waals surface area (Å²) < 4.78 is 0. The van der Waals surface area contributed by atoms with Crippen LogP contribution < -0.4 is 5.32 Å². The Labute approximate surface area is 84.4 Å². The average molecular weight is 223 g/mol. The first-order chi connectivity index (χ1) is 5.65. The molecule has 2 nitrogen and oxygen atoms in total. The number of hydrogen-bond acceptors (Lipinski definition) is 1. The molecule has 0 bridgehead atoms. The van der Waals surface area contributed by atoms with E-state index in [2.05, 4.69) is 5.32 Å². The first-order valence-corrected chi connectivity index (χ1v) is 4.06. The second-order valence-corrected chi connectivity index (χ2v) is 3.19. The molecular weight excluding hydrogens is 220 g/mol. The molecule has 12 heavy (non-hydrogen) atoms.